The largest absolute Gasteiger partial charge is 0.367 e. The number of ether oxygens (including phenoxy) is 1. The molecule has 2 heteroatoms. The lowest BCUT2D eigenvalue weighted by atomic mass is 9.87. The highest BCUT2D eigenvalue weighted by molar-refractivity contribution is 6.30. The molecule has 2 aliphatic heterocycles. The van der Waals surface area contributed by atoms with E-state index in [0.29, 0.717) is 6.10 Å². The highest BCUT2D eigenvalue weighted by Gasteiger charge is 2.44. The third-order valence-corrected chi connectivity index (χ3v) is 3.99. The highest BCUT2D eigenvalue weighted by Crippen LogP contribution is 2.48. The molecule has 0 aliphatic carbocycles. The maximum absolute atomic E-state index is 6.17. The second-order valence-corrected chi connectivity index (χ2v) is 5.11. The third-order valence-electron chi connectivity index (χ3n) is 3.74. The summed E-state index contributed by atoms with van der Waals surface area (Å²) in [7, 11) is 0. The normalized spacial score (nSPS) is 34.3. The first-order chi connectivity index (χ1) is 7.28. The standard InChI is InChI=1S/C13H15ClO/c14-11-5-3-10(4-6-11)13-8-1-2-12(15-13)7-9-13/h3-6,12H,1-2,7-9H2. The van der Waals surface area contributed by atoms with Crippen LogP contribution >= 0.6 is 11.6 Å². The Bertz CT molecular complexity index is 355. The van der Waals surface area contributed by atoms with Gasteiger partial charge in [0.15, 0.2) is 0 Å². The number of hydrogen-bond acceptors (Lipinski definition) is 1. The molecule has 2 fully saturated rings. The Labute approximate surface area is 95.4 Å². The fourth-order valence-corrected chi connectivity index (χ4v) is 3.07. The summed E-state index contributed by atoms with van der Waals surface area (Å²) in [6, 6.07) is 8.18. The van der Waals surface area contributed by atoms with Gasteiger partial charge in [0.1, 0.15) is 0 Å². The van der Waals surface area contributed by atoms with Gasteiger partial charge in [0.25, 0.3) is 0 Å². The van der Waals surface area contributed by atoms with Crippen LogP contribution in [0.5, 0.6) is 0 Å². The second-order valence-electron chi connectivity index (χ2n) is 4.67. The molecule has 2 heterocycles. The van der Waals surface area contributed by atoms with Crippen molar-refractivity contribution >= 4 is 11.6 Å². The van der Waals surface area contributed by atoms with Crippen molar-refractivity contribution in [2.45, 2.75) is 43.8 Å². The molecule has 3 rings (SSSR count). The smallest absolute Gasteiger partial charge is 0.0936 e. The Kier molecular flexibility index (Phi) is 2.26. The minimum atomic E-state index is 0.0213. The van der Waals surface area contributed by atoms with Crippen molar-refractivity contribution < 1.29 is 4.74 Å². The van der Waals surface area contributed by atoms with E-state index in [2.05, 4.69) is 12.1 Å². The van der Waals surface area contributed by atoms with Gasteiger partial charge in [-0.3, -0.25) is 0 Å². The molecule has 0 amide bonds. The van der Waals surface area contributed by atoms with Crippen molar-refractivity contribution in [1.29, 1.82) is 0 Å². The van der Waals surface area contributed by atoms with E-state index >= 15 is 0 Å². The van der Waals surface area contributed by atoms with E-state index in [1.165, 1.54) is 37.7 Å². The topological polar surface area (TPSA) is 9.23 Å². The lowest BCUT2D eigenvalue weighted by molar-refractivity contribution is -0.0815. The van der Waals surface area contributed by atoms with Crippen molar-refractivity contribution in [1.82, 2.24) is 0 Å². The summed E-state index contributed by atoms with van der Waals surface area (Å²) < 4.78 is 6.17. The summed E-state index contributed by atoms with van der Waals surface area (Å²) in [5, 5.41) is 0.806. The van der Waals surface area contributed by atoms with E-state index in [1.54, 1.807) is 0 Å². The number of hydrogen-bond donors (Lipinski definition) is 0. The van der Waals surface area contributed by atoms with E-state index in [0.717, 1.165) is 5.02 Å². The molecule has 1 aromatic carbocycles. The van der Waals surface area contributed by atoms with Crippen LogP contribution in [0.15, 0.2) is 24.3 Å². The molecular formula is C13H15ClO. The molecule has 2 saturated heterocycles. The summed E-state index contributed by atoms with van der Waals surface area (Å²) in [5.41, 5.74) is 1.34. The van der Waals surface area contributed by atoms with Gasteiger partial charge in [-0.25, -0.2) is 0 Å². The van der Waals surface area contributed by atoms with Gasteiger partial charge in [-0.05, 0) is 49.8 Å². The van der Waals surface area contributed by atoms with Crippen molar-refractivity contribution in [3.05, 3.63) is 34.9 Å². The number of benzene rings is 1. The van der Waals surface area contributed by atoms with Crippen LogP contribution in [0.4, 0.5) is 0 Å². The van der Waals surface area contributed by atoms with Crippen LogP contribution in [0.3, 0.4) is 0 Å². The molecule has 15 heavy (non-hydrogen) atoms. The van der Waals surface area contributed by atoms with Crippen LogP contribution in [-0.2, 0) is 10.3 Å². The van der Waals surface area contributed by atoms with Gasteiger partial charge in [-0.15, -0.1) is 0 Å². The maximum atomic E-state index is 6.17. The molecule has 80 valence electrons. The Morgan fingerprint density at radius 3 is 2.73 bits per heavy atom. The second kappa shape index (κ2) is 3.50. The van der Waals surface area contributed by atoms with Gasteiger partial charge in [-0.2, -0.15) is 0 Å². The third kappa shape index (κ3) is 1.58. The van der Waals surface area contributed by atoms with Gasteiger partial charge < -0.3 is 4.74 Å². The van der Waals surface area contributed by atoms with Gasteiger partial charge in [0.05, 0.1) is 11.7 Å². The summed E-state index contributed by atoms with van der Waals surface area (Å²) in [5.74, 6) is 0. The molecule has 0 N–H and O–H groups in total. The van der Waals surface area contributed by atoms with Crippen molar-refractivity contribution in [2.75, 3.05) is 0 Å². The van der Waals surface area contributed by atoms with Gasteiger partial charge >= 0.3 is 0 Å². The van der Waals surface area contributed by atoms with E-state index < -0.39 is 0 Å². The Morgan fingerprint density at radius 1 is 1.13 bits per heavy atom. The summed E-state index contributed by atoms with van der Waals surface area (Å²) >= 11 is 5.91. The summed E-state index contributed by atoms with van der Waals surface area (Å²) in [4.78, 5) is 0. The molecule has 0 radical (unpaired) electrons. The van der Waals surface area contributed by atoms with E-state index in [-0.39, 0.29) is 5.60 Å². The average Bonchev–Trinajstić information content (AvgIpc) is 2.56. The van der Waals surface area contributed by atoms with Gasteiger partial charge in [0, 0.05) is 5.02 Å². The number of rotatable bonds is 1. The van der Waals surface area contributed by atoms with Crippen LogP contribution in [0.1, 0.15) is 37.7 Å². The average molecular weight is 223 g/mol. The molecule has 0 saturated carbocycles. The van der Waals surface area contributed by atoms with Gasteiger partial charge in [0.2, 0.25) is 0 Å². The van der Waals surface area contributed by atoms with Gasteiger partial charge in [-0.1, -0.05) is 23.7 Å². The Hall–Kier alpha value is -0.530. The first-order valence-corrected chi connectivity index (χ1v) is 6.10. The zero-order valence-corrected chi connectivity index (χ0v) is 9.46. The first kappa shape index (κ1) is 9.68. The van der Waals surface area contributed by atoms with Crippen LogP contribution in [0, 0.1) is 0 Å². The summed E-state index contributed by atoms with van der Waals surface area (Å²) in [6.45, 7) is 0. The van der Waals surface area contributed by atoms with Crippen LogP contribution in [0.2, 0.25) is 5.02 Å². The predicted molar refractivity (Wildman–Crippen MR) is 61.1 cm³/mol. The minimum Gasteiger partial charge on any atom is -0.367 e. The van der Waals surface area contributed by atoms with Crippen LogP contribution < -0.4 is 0 Å². The molecular weight excluding hydrogens is 208 g/mol. The molecule has 1 aromatic rings. The zero-order valence-electron chi connectivity index (χ0n) is 8.71. The molecule has 2 unspecified atom stereocenters. The van der Waals surface area contributed by atoms with E-state index in [1.807, 2.05) is 12.1 Å². The first-order valence-electron chi connectivity index (χ1n) is 5.72. The molecule has 2 aliphatic rings. The zero-order chi connectivity index (χ0) is 10.3. The SMILES string of the molecule is Clc1ccc(C23CCCC(CC2)O3)cc1. The minimum absolute atomic E-state index is 0.0213. The fourth-order valence-electron chi connectivity index (χ4n) is 2.94. The van der Waals surface area contributed by atoms with Crippen molar-refractivity contribution in [3.63, 3.8) is 0 Å². The number of fused-ring (bicyclic) bond motifs is 2. The number of halogens is 1. The quantitative estimate of drug-likeness (QED) is 0.700. The van der Waals surface area contributed by atoms with Crippen molar-refractivity contribution in [3.8, 4) is 0 Å². The van der Waals surface area contributed by atoms with E-state index in [4.69, 9.17) is 16.3 Å². The molecule has 0 aromatic heterocycles. The molecule has 0 spiro atoms. The fraction of sp³-hybridized carbons (Fsp3) is 0.538. The van der Waals surface area contributed by atoms with Crippen molar-refractivity contribution in [2.24, 2.45) is 0 Å². The predicted octanol–water partition coefficient (Wildman–Crippen LogP) is 3.90. The Morgan fingerprint density at radius 2 is 1.93 bits per heavy atom. The maximum Gasteiger partial charge on any atom is 0.0936 e. The van der Waals surface area contributed by atoms with Crippen LogP contribution in [-0.4, -0.2) is 6.10 Å². The molecule has 2 atom stereocenters. The molecule has 1 nitrogen and oxygen atoms in total. The van der Waals surface area contributed by atoms with Crippen LogP contribution in [0.25, 0.3) is 0 Å². The monoisotopic (exact) mass is 222 g/mol. The highest BCUT2D eigenvalue weighted by atomic mass is 35.5. The molecule has 2 bridgehead atoms. The lowest BCUT2D eigenvalue weighted by Gasteiger charge is -2.34. The summed E-state index contributed by atoms with van der Waals surface area (Å²) in [6.07, 6.45) is 6.63. The lowest BCUT2D eigenvalue weighted by Crippen LogP contribution is -2.30. The Balaban J connectivity index is 1.95. The van der Waals surface area contributed by atoms with E-state index in [9.17, 15) is 0 Å².